The minimum atomic E-state index is 0.255. The SMILES string of the molecule is Cc1ccccc1C(C)NCc1ccc(C(C)(C)C)s1. The summed E-state index contributed by atoms with van der Waals surface area (Å²) in [4.78, 5) is 2.87. The zero-order valence-electron chi connectivity index (χ0n) is 13.2. The van der Waals surface area contributed by atoms with Gasteiger partial charge >= 0.3 is 0 Å². The topological polar surface area (TPSA) is 12.0 Å². The molecule has 0 spiro atoms. The van der Waals surface area contributed by atoms with Gasteiger partial charge in [0.1, 0.15) is 0 Å². The van der Waals surface area contributed by atoms with Gasteiger partial charge in [-0.15, -0.1) is 11.3 Å². The van der Waals surface area contributed by atoms with E-state index < -0.39 is 0 Å². The molecular formula is C18H25NS. The van der Waals surface area contributed by atoms with E-state index >= 15 is 0 Å². The lowest BCUT2D eigenvalue weighted by atomic mass is 9.95. The molecule has 2 aromatic rings. The molecule has 0 aliphatic rings. The summed E-state index contributed by atoms with van der Waals surface area (Å²) in [7, 11) is 0. The lowest BCUT2D eigenvalue weighted by molar-refractivity contribution is 0.576. The summed E-state index contributed by atoms with van der Waals surface area (Å²) in [6.45, 7) is 12.2. The van der Waals surface area contributed by atoms with Gasteiger partial charge in [0.2, 0.25) is 0 Å². The molecule has 1 aromatic heterocycles. The van der Waals surface area contributed by atoms with Crippen LogP contribution in [0.5, 0.6) is 0 Å². The summed E-state index contributed by atoms with van der Waals surface area (Å²) in [5.41, 5.74) is 3.00. The van der Waals surface area contributed by atoms with Crippen molar-refractivity contribution in [1.29, 1.82) is 0 Å². The molecule has 0 fully saturated rings. The molecule has 0 amide bonds. The van der Waals surface area contributed by atoms with Gasteiger partial charge in [-0.2, -0.15) is 0 Å². The van der Waals surface area contributed by atoms with Crippen LogP contribution in [-0.4, -0.2) is 0 Å². The number of hydrogen-bond donors (Lipinski definition) is 1. The van der Waals surface area contributed by atoms with Crippen LogP contribution in [0.25, 0.3) is 0 Å². The summed E-state index contributed by atoms with van der Waals surface area (Å²) in [6, 6.07) is 13.5. The van der Waals surface area contributed by atoms with Gasteiger partial charge in [0.15, 0.2) is 0 Å². The maximum atomic E-state index is 3.63. The van der Waals surface area contributed by atoms with Gasteiger partial charge in [0.05, 0.1) is 0 Å². The Morgan fingerprint density at radius 3 is 2.40 bits per heavy atom. The van der Waals surface area contributed by atoms with E-state index in [1.807, 2.05) is 11.3 Å². The maximum Gasteiger partial charge on any atom is 0.0305 e. The quantitative estimate of drug-likeness (QED) is 0.814. The highest BCUT2D eigenvalue weighted by molar-refractivity contribution is 7.12. The van der Waals surface area contributed by atoms with Gasteiger partial charge in [0, 0.05) is 22.3 Å². The molecule has 1 unspecified atom stereocenters. The molecule has 1 heterocycles. The molecule has 1 atom stereocenters. The van der Waals surface area contributed by atoms with Crippen molar-refractivity contribution in [2.45, 2.75) is 52.6 Å². The Bertz CT molecular complexity index is 563. The number of thiophene rings is 1. The fourth-order valence-electron chi connectivity index (χ4n) is 2.31. The van der Waals surface area contributed by atoms with Crippen LogP contribution in [0.15, 0.2) is 36.4 Å². The number of aryl methyl sites for hydroxylation is 1. The molecule has 2 heteroatoms. The summed E-state index contributed by atoms with van der Waals surface area (Å²) in [5, 5.41) is 3.63. The van der Waals surface area contributed by atoms with Crippen molar-refractivity contribution in [2.24, 2.45) is 0 Å². The predicted molar refractivity (Wildman–Crippen MR) is 89.5 cm³/mol. The Labute approximate surface area is 127 Å². The number of nitrogens with one attached hydrogen (secondary N) is 1. The van der Waals surface area contributed by atoms with Gasteiger partial charge < -0.3 is 5.32 Å². The van der Waals surface area contributed by atoms with E-state index in [0.717, 1.165) is 6.54 Å². The van der Waals surface area contributed by atoms with Gasteiger partial charge in [-0.1, -0.05) is 45.0 Å². The molecule has 20 heavy (non-hydrogen) atoms. The number of benzene rings is 1. The first kappa shape index (κ1) is 15.3. The third-order valence-electron chi connectivity index (χ3n) is 3.64. The highest BCUT2D eigenvalue weighted by Crippen LogP contribution is 2.29. The van der Waals surface area contributed by atoms with Gasteiger partial charge in [-0.3, -0.25) is 0 Å². The Morgan fingerprint density at radius 2 is 1.80 bits per heavy atom. The van der Waals surface area contributed by atoms with Gasteiger partial charge in [-0.05, 0) is 42.5 Å². The molecule has 0 aliphatic carbocycles. The van der Waals surface area contributed by atoms with Crippen LogP contribution in [0.4, 0.5) is 0 Å². The van der Waals surface area contributed by atoms with Crippen molar-refractivity contribution in [3.63, 3.8) is 0 Å². The fourth-order valence-corrected chi connectivity index (χ4v) is 3.33. The second-order valence-electron chi connectivity index (χ2n) is 6.48. The molecule has 1 nitrogen and oxygen atoms in total. The van der Waals surface area contributed by atoms with E-state index in [1.165, 1.54) is 20.9 Å². The van der Waals surface area contributed by atoms with Crippen LogP contribution < -0.4 is 5.32 Å². The predicted octanol–water partition coefficient (Wildman–Crippen LogP) is 5.20. The monoisotopic (exact) mass is 287 g/mol. The third-order valence-corrected chi connectivity index (χ3v) is 5.15. The van der Waals surface area contributed by atoms with Crippen molar-refractivity contribution in [3.8, 4) is 0 Å². The Balaban J connectivity index is 1.99. The highest BCUT2D eigenvalue weighted by atomic mass is 32.1. The zero-order chi connectivity index (χ0) is 14.8. The van der Waals surface area contributed by atoms with Crippen LogP contribution in [0.3, 0.4) is 0 Å². The molecule has 0 bridgehead atoms. The first-order valence-electron chi connectivity index (χ1n) is 7.26. The normalized spacial score (nSPS) is 13.4. The standard InChI is InChI=1S/C18H25NS/c1-13-8-6-7-9-16(13)14(2)19-12-15-10-11-17(20-15)18(3,4)5/h6-11,14,19H,12H2,1-5H3. The first-order valence-corrected chi connectivity index (χ1v) is 8.07. The van der Waals surface area contributed by atoms with Crippen molar-refractivity contribution >= 4 is 11.3 Å². The molecular weight excluding hydrogens is 262 g/mol. The highest BCUT2D eigenvalue weighted by Gasteiger charge is 2.16. The van der Waals surface area contributed by atoms with Crippen molar-refractivity contribution in [3.05, 3.63) is 57.3 Å². The molecule has 108 valence electrons. The molecule has 0 saturated heterocycles. The van der Waals surface area contributed by atoms with E-state index in [2.05, 4.69) is 76.3 Å². The van der Waals surface area contributed by atoms with Crippen molar-refractivity contribution < 1.29 is 0 Å². The number of rotatable bonds is 4. The number of hydrogen-bond acceptors (Lipinski definition) is 2. The minimum absolute atomic E-state index is 0.255. The maximum absolute atomic E-state index is 3.63. The second kappa shape index (κ2) is 6.11. The van der Waals surface area contributed by atoms with Gasteiger partial charge in [-0.25, -0.2) is 0 Å². The zero-order valence-corrected chi connectivity index (χ0v) is 14.0. The first-order chi connectivity index (χ1) is 9.38. The fraction of sp³-hybridized carbons (Fsp3) is 0.444. The lowest BCUT2D eigenvalue weighted by Gasteiger charge is -2.17. The van der Waals surface area contributed by atoms with E-state index in [-0.39, 0.29) is 5.41 Å². The molecule has 0 aliphatic heterocycles. The lowest BCUT2D eigenvalue weighted by Crippen LogP contribution is -2.18. The molecule has 0 radical (unpaired) electrons. The van der Waals surface area contributed by atoms with E-state index in [0.29, 0.717) is 6.04 Å². The Hall–Kier alpha value is -1.12. The van der Waals surface area contributed by atoms with Crippen LogP contribution >= 0.6 is 11.3 Å². The van der Waals surface area contributed by atoms with Crippen LogP contribution in [0.1, 0.15) is 54.6 Å². The largest absolute Gasteiger partial charge is 0.305 e. The average Bonchev–Trinajstić information content (AvgIpc) is 2.85. The molecule has 1 aromatic carbocycles. The smallest absolute Gasteiger partial charge is 0.0305 e. The summed E-state index contributed by atoms with van der Waals surface area (Å²) >= 11 is 1.92. The van der Waals surface area contributed by atoms with Crippen molar-refractivity contribution in [1.82, 2.24) is 5.32 Å². The average molecular weight is 287 g/mol. The summed E-state index contributed by atoms with van der Waals surface area (Å²) in [6.07, 6.45) is 0. The third kappa shape index (κ3) is 3.71. The summed E-state index contributed by atoms with van der Waals surface area (Å²) in [5.74, 6) is 0. The molecule has 2 rings (SSSR count). The van der Waals surface area contributed by atoms with E-state index in [1.54, 1.807) is 0 Å². The minimum Gasteiger partial charge on any atom is -0.305 e. The Morgan fingerprint density at radius 1 is 1.10 bits per heavy atom. The van der Waals surface area contributed by atoms with Gasteiger partial charge in [0.25, 0.3) is 0 Å². The second-order valence-corrected chi connectivity index (χ2v) is 7.64. The molecule has 1 N–H and O–H groups in total. The van der Waals surface area contributed by atoms with Crippen LogP contribution in [-0.2, 0) is 12.0 Å². The van der Waals surface area contributed by atoms with Crippen LogP contribution in [0.2, 0.25) is 0 Å². The Kier molecular flexibility index (Phi) is 4.66. The van der Waals surface area contributed by atoms with E-state index in [9.17, 15) is 0 Å². The van der Waals surface area contributed by atoms with E-state index in [4.69, 9.17) is 0 Å². The summed E-state index contributed by atoms with van der Waals surface area (Å²) < 4.78 is 0. The van der Waals surface area contributed by atoms with Crippen molar-refractivity contribution in [2.75, 3.05) is 0 Å². The van der Waals surface area contributed by atoms with Crippen LogP contribution in [0, 0.1) is 6.92 Å². The molecule has 0 saturated carbocycles.